The molecule has 2 saturated heterocycles. The van der Waals surface area contributed by atoms with Crippen LogP contribution in [0.1, 0.15) is 36.0 Å². The second kappa shape index (κ2) is 8.43. The first-order chi connectivity index (χ1) is 14.7. The Kier molecular flexibility index (Phi) is 5.51. The molecule has 4 nitrogen and oxygen atoms in total. The van der Waals surface area contributed by atoms with Gasteiger partial charge in [-0.1, -0.05) is 42.5 Å². The predicted octanol–water partition coefficient (Wildman–Crippen LogP) is 3.72. The number of carbonyl (C=O) groups is 1. The van der Waals surface area contributed by atoms with Crippen LogP contribution in [0.15, 0.2) is 48.5 Å². The van der Waals surface area contributed by atoms with Crippen molar-refractivity contribution in [2.24, 2.45) is 5.92 Å². The van der Waals surface area contributed by atoms with Crippen molar-refractivity contribution < 1.29 is 9.53 Å². The molecule has 1 aliphatic carbocycles. The van der Waals surface area contributed by atoms with E-state index in [1.807, 2.05) is 12.1 Å². The first-order valence-corrected chi connectivity index (χ1v) is 11.4. The van der Waals surface area contributed by atoms with Crippen LogP contribution >= 0.6 is 0 Å². The number of fused-ring (bicyclic) bond motifs is 2. The number of hydrogen-bond donors (Lipinski definition) is 0. The Morgan fingerprint density at radius 3 is 2.50 bits per heavy atom. The molecule has 2 fully saturated rings. The average Bonchev–Trinajstić information content (AvgIpc) is 3.23. The smallest absolute Gasteiger partial charge is 0.222 e. The van der Waals surface area contributed by atoms with Crippen LogP contribution in [-0.4, -0.2) is 54.5 Å². The minimum atomic E-state index is 0.341. The lowest BCUT2D eigenvalue weighted by molar-refractivity contribution is -0.141. The molecule has 0 radical (unpaired) electrons. The van der Waals surface area contributed by atoms with Gasteiger partial charge in [0.2, 0.25) is 5.91 Å². The van der Waals surface area contributed by atoms with Crippen LogP contribution in [0, 0.1) is 5.92 Å². The summed E-state index contributed by atoms with van der Waals surface area (Å²) >= 11 is 0. The summed E-state index contributed by atoms with van der Waals surface area (Å²) in [5, 5.41) is 0. The molecular weight excluding hydrogens is 372 g/mol. The number of hydrogen-bond acceptors (Lipinski definition) is 3. The number of methoxy groups -OCH3 is 1. The molecule has 3 aliphatic rings. The van der Waals surface area contributed by atoms with E-state index in [-0.39, 0.29) is 0 Å². The number of carbonyl (C=O) groups excluding carboxylic acids is 1. The van der Waals surface area contributed by atoms with Gasteiger partial charge in [0, 0.05) is 38.1 Å². The van der Waals surface area contributed by atoms with Crippen molar-refractivity contribution in [3.63, 3.8) is 0 Å². The van der Waals surface area contributed by atoms with Crippen LogP contribution in [0.3, 0.4) is 0 Å². The van der Waals surface area contributed by atoms with Gasteiger partial charge in [-0.25, -0.2) is 0 Å². The van der Waals surface area contributed by atoms with Gasteiger partial charge in [-0.15, -0.1) is 0 Å². The molecule has 2 aromatic carbocycles. The summed E-state index contributed by atoms with van der Waals surface area (Å²) in [7, 11) is 1.72. The number of benzene rings is 2. The quantitative estimate of drug-likeness (QED) is 0.762. The summed E-state index contributed by atoms with van der Waals surface area (Å²) in [6.45, 7) is 3.05. The van der Waals surface area contributed by atoms with Crippen LogP contribution in [0.2, 0.25) is 0 Å². The van der Waals surface area contributed by atoms with E-state index < -0.39 is 0 Å². The number of amides is 1. The van der Waals surface area contributed by atoms with Gasteiger partial charge >= 0.3 is 0 Å². The maximum atomic E-state index is 12.8. The van der Waals surface area contributed by atoms with Crippen LogP contribution in [-0.2, 0) is 24.1 Å². The van der Waals surface area contributed by atoms with Crippen LogP contribution in [0.4, 0.5) is 0 Å². The number of ether oxygens (including phenoxy) is 1. The Hall–Kier alpha value is -2.33. The number of likely N-dealkylation sites (tertiary alicyclic amines) is 2. The Balaban J connectivity index is 1.23. The maximum Gasteiger partial charge on any atom is 0.222 e. The molecule has 2 heterocycles. The number of rotatable bonds is 5. The Morgan fingerprint density at radius 1 is 1.00 bits per heavy atom. The summed E-state index contributed by atoms with van der Waals surface area (Å²) in [5.41, 5.74) is 4.25. The van der Waals surface area contributed by atoms with Crippen molar-refractivity contribution in [1.29, 1.82) is 0 Å². The first kappa shape index (κ1) is 19.6. The monoisotopic (exact) mass is 404 g/mol. The fourth-order valence-electron chi connectivity index (χ4n) is 5.95. The van der Waals surface area contributed by atoms with E-state index in [4.69, 9.17) is 4.74 Å². The molecule has 0 N–H and O–H groups in total. The molecule has 0 unspecified atom stereocenters. The molecule has 0 spiro atoms. The van der Waals surface area contributed by atoms with Crippen LogP contribution < -0.4 is 4.74 Å². The molecule has 158 valence electrons. The summed E-state index contributed by atoms with van der Waals surface area (Å²) in [6, 6.07) is 18.1. The molecule has 0 aromatic heterocycles. The third-order valence-electron chi connectivity index (χ3n) is 7.54. The Bertz CT molecular complexity index is 886. The Morgan fingerprint density at radius 2 is 1.73 bits per heavy atom. The summed E-state index contributed by atoms with van der Waals surface area (Å²) < 4.78 is 5.51. The second-order valence-electron chi connectivity index (χ2n) is 9.13. The van der Waals surface area contributed by atoms with Crippen molar-refractivity contribution in [2.75, 3.05) is 26.7 Å². The van der Waals surface area contributed by atoms with Crippen molar-refractivity contribution in [1.82, 2.24) is 9.80 Å². The van der Waals surface area contributed by atoms with Crippen molar-refractivity contribution in [2.45, 2.75) is 50.6 Å². The summed E-state index contributed by atoms with van der Waals surface area (Å²) in [5.74, 6) is 1.87. The predicted molar refractivity (Wildman–Crippen MR) is 119 cm³/mol. The zero-order valence-electron chi connectivity index (χ0n) is 17.9. The fraction of sp³-hybridized carbons (Fsp3) is 0.500. The third-order valence-corrected chi connectivity index (χ3v) is 7.54. The lowest BCUT2D eigenvalue weighted by Gasteiger charge is -2.48. The standard InChI is InChI=1S/C26H32N2O2/c1-30-25-9-5-4-6-19(25)12-15-28-24-13-14-27(18-22(24)10-11-26(28)29)23-16-20-7-2-3-8-21(20)17-23/h2-9,22-24H,10-18H2,1H3/t22-,24+/m1/s1. The van der Waals surface area contributed by atoms with Crippen molar-refractivity contribution in [3.05, 3.63) is 65.2 Å². The normalized spacial score (nSPS) is 24.6. The zero-order chi connectivity index (χ0) is 20.5. The SMILES string of the molecule is COc1ccccc1CCN1C(=O)CC[C@@H]2CN(C3Cc4ccccc4C3)CC[C@@H]21. The Labute approximate surface area is 179 Å². The number of nitrogens with zero attached hydrogens (tertiary/aromatic N) is 2. The van der Waals surface area contributed by atoms with Gasteiger partial charge in [-0.2, -0.15) is 0 Å². The highest BCUT2D eigenvalue weighted by atomic mass is 16.5. The van der Waals surface area contributed by atoms with Crippen LogP contribution in [0.5, 0.6) is 5.75 Å². The van der Waals surface area contributed by atoms with E-state index in [1.54, 1.807) is 7.11 Å². The lowest BCUT2D eigenvalue weighted by Crippen LogP contribution is -2.58. The lowest BCUT2D eigenvalue weighted by atomic mass is 9.82. The maximum absolute atomic E-state index is 12.8. The second-order valence-corrected chi connectivity index (χ2v) is 9.13. The van der Waals surface area contributed by atoms with Crippen LogP contribution in [0.25, 0.3) is 0 Å². The first-order valence-electron chi connectivity index (χ1n) is 11.4. The highest BCUT2D eigenvalue weighted by Crippen LogP contribution is 2.35. The van der Waals surface area contributed by atoms with Gasteiger partial charge in [0.25, 0.3) is 0 Å². The molecule has 2 aliphatic heterocycles. The minimum absolute atomic E-state index is 0.341. The van der Waals surface area contributed by atoms with E-state index in [2.05, 4.69) is 46.2 Å². The molecule has 0 bridgehead atoms. The van der Waals surface area contributed by atoms with E-state index in [0.717, 1.165) is 44.6 Å². The van der Waals surface area contributed by atoms with Gasteiger partial charge in [0.15, 0.2) is 0 Å². The molecule has 4 heteroatoms. The zero-order valence-corrected chi connectivity index (χ0v) is 17.9. The molecule has 2 atom stereocenters. The van der Waals surface area contributed by atoms with Crippen molar-refractivity contribution in [3.8, 4) is 5.75 Å². The van der Waals surface area contributed by atoms with Gasteiger partial charge in [0.05, 0.1) is 7.11 Å². The summed E-state index contributed by atoms with van der Waals surface area (Å²) in [6.07, 6.45) is 6.08. The highest BCUT2D eigenvalue weighted by molar-refractivity contribution is 5.77. The van der Waals surface area contributed by atoms with Gasteiger partial charge < -0.3 is 9.64 Å². The molecule has 30 heavy (non-hydrogen) atoms. The summed E-state index contributed by atoms with van der Waals surface area (Å²) in [4.78, 5) is 17.7. The molecular formula is C26H32N2O2. The van der Waals surface area contributed by atoms with E-state index in [9.17, 15) is 4.79 Å². The van der Waals surface area contributed by atoms with E-state index >= 15 is 0 Å². The number of para-hydroxylation sites is 1. The highest BCUT2D eigenvalue weighted by Gasteiger charge is 2.41. The molecule has 0 saturated carbocycles. The molecule has 5 rings (SSSR count). The number of piperidine rings is 2. The van der Waals surface area contributed by atoms with Gasteiger partial charge in [0.1, 0.15) is 5.75 Å². The largest absolute Gasteiger partial charge is 0.496 e. The molecule has 2 aromatic rings. The fourth-order valence-corrected chi connectivity index (χ4v) is 5.95. The topological polar surface area (TPSA) is 32.8 Å². The molecule has 1 amide bonds. The van der Waals surface area contributed by atoms with E-state index in [0.29, 0.717) is 30.3 Å². The van der Waals surface area contributed by atoms with Gasteiger partial charge in [-0.05, 0) is 60.8 Å². The minimum Gasteiger partial charge on any atom is -0.496 e. The third kappa shape index (κ3) is 3.74. The van der Waals surface area contributed by atoms with Gasteiger partial charge in [-0.3, -0.25) is 9.69 Å². The average molecular weight is 405 g/mol. The van der Waals surface area contributed by atoms with Crippen molar-refractivity contribution >= 4 is 5.91 Å². The van der Waals surface area contributed by atoms with E-state index in [1.165, 1.54) is 29.5 Å².